The molecule has 1 rings (SSSR count). The number of hydrogen-bond donors (Lipinski definition) is 1. The van der Waals surface area contributed by atoms with Crippen LogP contribution in [0.1, 0.15) is 63.6 Å². The number of benzene rings is 1. The Morgan fingerprint density at radius 1 is 1.14 bits per heavy atom. The lowest BCUT2D eigenvalue weighted by Gasteiger charge is -2.16. The lowest BCUT2D eigenvalue weighted by molar-refractivity contribution is 0.114. The number of nitrogens with one attached hydrogen (secondary N) is 1. The molecule has 0 fully saturated rings. The van der Waals surface area contributed by atoms with Crippen LogP contribution in [0.2, 0.25) is 0 Å². The first-order chi connectivity index (χ1) is 10.2. The van der Waals surface area contributed by atoms with E-state index < -0.39 is 0 Å². The van der Waals surface area contributed by atoms with E-state index in [-0.39, 0.29) is 0 Å². The Morgan fingerprint density at radius 3 is 2.62 bits per heavy atom. The Morgan fingerprint density at radius 2 is 1.95 bits per heavy atom. The topological polar surface area (TPSA) is 30.5 Å². The van der Waals surface area contributed by atoms with E-state index in [1.807, 2.05) is 14.0 Å². The van der Waals surface area contributed by atoms with E-state index in [4.69, 9.17) is 9.47 Å². The summed E-state index contributed by atoms with van der Waals surface area (Å²) in [5, 5.41) is 3.27. The fourth-order valence-electron chi connectivity index (χ4n) is 2.26. The highest BCUT2D eigenvalue weighted by Crippen LogP contribution is 2.24. The van der Waals surface area contributed by atoms with E-state index in [9.17, 15) is 0 Å². The second kappa shape index (κ2) is 10.6. The molecule has 1 aromatic rings. The van der Waals surface area contributed by atoms with Crippen molar-refractivity contribution < 1.29 is 9.47 Å². The van der Waals surface area contributed by atoms with Crippen LogP contribution < -0.4 is 10.1 Å². The molecule has 3 heteroatoms. The zero-order chi connectivity index (χ0) is 15.5. The zero-order valence-corrected chi connectivity index (χ0v) is 14.1. The van der Waals surface area contributed by atoms with Gasteiger partial charge in [0, 0.05) is 18.2 Å². The molecular weight excluding hydrogens is 262 g/mol. The number of unbranched alkanes of at least 4 members (excludes halogenated alkanes) is 3. The predicted molar refractivity (Wildman–Crippen MR) is 88.9 cm³/mol. The van der Waals surface area contributed by atoms with Gasteiger partial charge in [-0.2, -0.15) is 0 Å². The predicted octanol–water partition coefficient (Wildman–Crippen LogP) is 4.46. The maximum absolute atomic E-state index is 5.82. The van der Waals surface area contributed by atoms with Crippen molar-refractivity contribution in [2.45, 2.75) is 59.1 Å². The van der Waals surface area contributed by atoms with Crippen molar-refractivity contribution in [3.05, 3.63) is 29.3 Å². The summed E-state index contributed by atoms with van der Waals surface area (Å²) >= 11 is 0. The second-order valence-electron chi connectivity index (χ2n) is 5.42. The first-order valence-corrected chi connectivity index (χ1v) is 8.23. The molecular formula is C18H31NO2. The van der Waals surface area contributed by atoms with Gasteiger partial charge in [-0.15, -0.1) is 0 Å². The molecule has 21 heavy (non-hydrogen) atoms. The van der Waals surface area contributed by atoms with E-state index in [2.05, 4.69) is 37.4 Å². The normalized spacial score (nSPS) is 12.4. The van der Waals surface area contributed by atoms with Gasteiger partial charge in [-0.05, 0) is 45.0 Å². The molecule has 0 aliphatic rings. The van der Waals surface area contributed by atoms with E-state index in [0.29, 0.717) is 19.3 Å². The Kier molecular flexibility index (Phi) is 9.11. The summed E-state index contributed by atoms with van der Waals surface area (Å²) in [5.41, 5.74) is 2.41. The van der Waals surface area contributed by atoms with Crippen molar-refractivity contribution in [1.82, 2.24) is 5.32 Å². The van der Waals surface area contributed by atoms with Crippen LogP contribution in [0.4, 0.5) is 0 Å². The summed E-state index contributed by atoms with van der Waals surface area (Å²) in [4.78, 5) is 0. The Balaban J connectivity index is 2.59. The summed E-state index contributed by atoms with van der Waals surface area (Å²) in [7, 11) is 1.98. The van der Waals surface area contributed by atoms with Crippen molar-refractivity contribution in [3.63, 3.8) is 0 Å². The van der Waals surface area contributed by atoms with Gasteiger partial charge < -0.3 is 14.8 Å². The highest BCUT2D eigenvalue weighted by atomic mass is 16.5. The molecule has 120 valence electrons. The van der Waals surface area contributed by atoms with E-state index in [0.717, 1.165) is 24.3 Å². The maximum Gasteiger partial charge on any atom is 0.124 e. The average Bonchev–Trinajstić information content (AvgIpc) is 2.51. The van der Waals surface area contributed by atoms with Gasteiger partial charge in [-0.3, -0.25) is 0 Å². The highest BCUT2D eigenvalue weighted by molar-refractivity contribution is 5.38. The standard InChI is InChI=1S/C18H31NO2/c1-5-7-8-9-12-20-14-17-13-16(15(3)19-4)10-11-18(17)21-6-2/h10-11,13,15,19H,5-9,12,14H2,1-4H3. The molecule has 0 saturated carbocycles. The smallest absolute Gasteiger partial charge is 0.124 e. The van der Waals surface area contributed by atoms with Gasteiger partial charge in [0.15, 0.2) is 0 Å². The fraction of sp³-hybridized carbons (Fsp3) is 0.667. The summed E-state index contributed by atoms with van der Waals surface area (Å²) in [6.07, 6.45) is 4.96. The molecule has 0 aliphatic heterocycles. The molecule has 1 aromatic carbocycles. The van der Waals surface area contributed by atoms with Crippen LogP contribution in [0, 0.1) is 0 Å². The Bertz CT molecular complexity index is 393. The lowest BCUT2D eigenvalue weighted by Crippen LogP contribution is -2.13. The Hall–Kier alpha value is -1.06. The van der Waals surface area contributed by atoms with Gasteiger partial charge in [0.1, 0.15) is 5.75 Å². The van der Waals surface area contributed by atoms with Crippen LogP contribution in [-0.4, -0.2) is 20.3 Å². The molecule has 0 spiro atoms. The van der Waals surface area contributed by atoms with Gasteiger partial charge in [0.25, 0.3) is 0 Å². The molecule has 0 aromatic heterocycles. The minimum absolute atomic E-state index is 0.337. The minimum atomic E-state index is 0.337. The van der Waals surface area contributed by atoms with Crippen LogP contribution in [0.15, 0.2) is 18.2 Å². The maximum atomic E-state index is 5.82. The van der Waals surface area contributed by atoms with Crippen molar-refractivity contribution in [3.8, 4) is 5.75 Å². The molecule has 0 heterocycles. The van der Waals surface area contributed by atoms with Gasteiger partial charge in [0.2, 0.25) is 0 Å². The lowest BCUT2D eigenvalue weighted by atomic mass is 10.0. The number of ether oxygens (including phenoxy) is 2. The first-order valence-electron chi connectivity index (χ1n) is 8.23. The molecule has 0 aliphatic carbocycles. The van der Waals surface area contributed by atoms with Gasteiger partial charge >= 0.3 is 0 Å². The summed E-state index contributed by atoms with van der Waals surface area (Å²) in [6.45, 7) is 8.54. The number of rotatable bonds is 11. The average molecular weight is 293 g/mol. The Labute approximate surface area is 130 Å². The minimum Gasteiger partial charge on any atom is -0.494 e. The largest absolute Gasteiger partial charge is 0.494 e. The van der Waals surface area contributed by atoms with Gasteiger partial charge in [-0.1, -0.05) is 32.3 Å². The van der Waals surface area contributed by atoms with Crippen LogP contribution in [-0.2, 0) is 11.3 Å². The zero-order valence-electron chi connectivity index (χ0n) is 14.1. The molecule has 3 nitrogen and oxygen atoms in total. The molecule has 0 radical (unpaired) electrons. The third-order valence-electron chi connectivity index (χ3n) is 3.72. The highest BCUT2D eigenvalue weighted by Gasteiger charge is 2.09. The quantitative estimate of drug-likeness (QED) is 0.611. The van der Waals surface area contributed by atoms with E-state index >= 15 is 0 Å². The van der Waals surface area contributed by atoms with Gasteiger partial charge in [0.05, 0.1) is 13.2 Å². The third kappa shape index (κ3) is 6.49. The van der Waals surface area contributed by atoms with E-state index in [1.165, 1.54) is 24.8 Å². The van der Waals surface area contributed by atoms with Crippen molar-refractivity contribution in [1.29, 1.82) is 0 Å². The van der Waals surface area contributed by atoms with Crippen LogP contribution in [0.5, 0.6) is 5.75 Å². The monoisotopic (exact) mass is 293 g/mol. The molecule has 1 unspecified atom stereocenters. The molecule has 1 atom stereocenters. The van der Waals surface area contributed by atoms with Crippen LogP contribution >= 0.6 is 0 Å². The van der Waals surface area contributed by atoms with Crippen molar-refractivity contribution in [2.24, 2.45) is 0 Å². The fourth-order valence-corrected chi connectivity index (χ4v) is 2.26. The first kappa shape index (κ1) is 18.0. The van der Waals surface area contributed by atoms with Crippen LogP contribution in [0.25, 0.3) is 0 Å². The molecule has 0 saturated heterocycles. The second-order valence-corrected chi connectivity index (χ2v) is 5.42. The molecule has 1 N–H and O–H groups in total. The van der Waals surface area contributed by atoms with Crippen LogP contribution in [0.3, 0.4) is 0 Å². The summed E-state index contributed by atoms with van der Waals surface area (Å²) in [6, 6.07) is 6.71. The van der Waals surface area contributed by atoms with E-state index in [1.54, 1.807) is 0 Å². The summed E-state index contributed by atoms with van der Waals surface area (Å²) < 4.78 is 11.5. The summed E-state index contributed by atoms with van der Waals surface area (Å²) in [5.74, 6) is 0.943. The molecule has 0 amide bonds. The SMILES string of the molecule is CCCCCCOCc1cc(C(C)NC)ccc1OCC. The van der Waals surface area contributed by atoms with Gasteiger partial charge in [-0.25, -0.2) is 0 Å². The van der Waals surface area contributed by atoms with Crippen molar-refractivity contribution in [2.75, 3.05) is 20.3 Å². The number of hydrogen-bond acceptors (Lipinski definition) is 3. The third-order valence-corrected chi connectivity index (χ3v) is 3.72. The van der Waals surface area contributed by atoms with Crippen molar-refractivity contribution >= 4 is 0 Å². The molecule has 0 bridgehead atoms.